The van der Waals surface area contributed by atoms with Gasteiger partial charge in [0.05, 0.1) is 7.11 Å². The first-order valence-corrected chi connectivity index (χ1v) is 7.71. The van der Waals surface area contributed by atoms with Crippen LogP contribution < -0.4 is 10.1 Å². The Labute approximate surface area is 126 Å². The summed E-state index contributed by atoms with van der Waals surface area (Å²) >= 11 is 3.55. The van der Waals surface area contributed by atoms with Gasteiger partial charge in [-0.2, -0.15) is 0 Å². The fourth-order valence-corrected chi connectivity index (χ4v) is 2.58. The maximum atomic E-state index is 5.48. The molecule has 0 aliphatic carbocycles. The van der Waals surface area contributed by atoms with Gasteiger partial charge in [-0.3, -0.25) is 0 Å². The van der Waals surface area contributed by atoms with Crippen molar-refractivity contribution in [1.82, 2.24) is 5.32 Å². The minimum absolute atomic E-state index is 0.273. The molecule has 1 rings (SSSR count). The summed E-state index contributed by atoms with van der Waals surface area (Å²) in [7, 11) is 1.74. The lowest BCUT2D eigenvalue weighted by molar-refractivity contribution is 0.230. The van der Waals surface area contributed by atoms with E-state index in [1.54, 1.807) is 7.11 Å². The van der Waals surface area contributed by atoms with E-state index < -0.39 is 0 Å². The average Bonchev–Trinajstić information content (AvgIpc) is 2.33. The van der Waals surface area contributed by atoms with Crippen LogP contribution in [0.3, 0.4) is 0 Å². The second-order valence-electron chi connectivity index (χ2n) is 6.03. The van der Waals surface area contributed by atoms with Crippen molar-refractivity contribution in [2.24, 2.45) is 11.3 Å². The summed E-state index contributed by atoms with van der Waals surface area (Å²) in [6, 6.07) is 6.23. The van der Waals surface area contributed by atoms with Crippen LogP contribution in [0.1, 0.15) is 33.3 Å². The minimum atomic E-state index is 0.273. The van der Waals surface area contributed by atoms with Gasteiger partial charge in [0, 0.05) is 4.47 Å². The molecular weight excluding hydrogens is 302 g/mol. The fourth-order valence-electron chi connectivity index (χ4n) is 2.18. The van der Waals surface area contributed by atoms with E-state index in [9.17, 15) is 0 Å². The number of hydrogen-bond acceptors (Lipinski definition) is 2. The lowest BCUT2D eigenvalue weighted by Crippen LogP contribution is -2.33. The molecule has 1 aromatic rings. The lowest BCUT2D eigenvalue weighted by Gasteiger charge is -2.31. The molecule has 19 heavy (non-hydrogen) atoms. The first kappa shape index (κ1) is 16.5. The fraction of sp³-hybridized carbons (Fsp3) is 0.625. The maximum absolute atomic E-state index is 5.48. The van der Waals surface area contributed by atoms with E-state index >= 15 is 0 Å². The molecule has 0 amide bonds. The number of methoxy groups -OCH3 is 1. The van der Waals surface area contributed by atoms with E-state index in [0.29, 0.717) is 5.92 Å². The highest BCUT2D eigenvalue weighted by Gasteiger charge is 2.25. The Morgan fingerprint density at radius 3 is 2.53 bits per heavy atom. The van der Waals surface area contributed by atoms with Gasteiger partial charge >= 0.3 is 0 Å². The highest BCUT2D eigenvalue weighted by molar-refractivity contribution is 9.10. The van der Waals surface area contributed by atoms with Crippen molar-refractivity contribution < 1.29 is 4.74 Å². The number of halogens is 1. The Morgan fingerprint density at radius 2 is 2.00 bits per heavy atom. The number of rotatable bonds is 6. The Morgan fingerprint density at radius 1 is 1.32 bits per heavy atom. The zero-order chi connectivity index (χ0) is 14.5. The van der Waals surface area contributed by atoms with E-state index in [0.717, 1.165) is 29.7 Å². The second kappa shape index (κ2) is 7.30. The van der Waals surface area contributed by atoms with Crippen molar-refractivity contribution >= 4 is 15.9 Å². The van der Waals surface area contributed by atoms with Gasteiger partial charge in [-0.15, -0.1) is 0 Å². The van der Waals surface area contributed by atoms with Crippen LogP contribution in [-0.2, 0) is 6.42 Å². The van der Waals surface area contributed by atoms with Crippen LogP contribution in [-0.4, -0.2) is 20.2 Å². The molecule has 0 fully saturated rings. The normalized spacial score (nSPS) is 13.4. The van der Waals surface area contributed by atoms with E-state index in [1.165, 1.54) is 5.56 Å². The van der Waals surface area contributed by atoms with Crippen molar-refractivity contribution in [3.8, 4) is 5.75 Å². The first-order valence-electron chi connectivity index (χ1n) is 6.91. The van der Waals surface area contributed by atoms with Gasteiger partial charge in [0.2, 0.25) is 0 Å². The van der Waals surface area contributed by atoms with Crippen LogP contribution in [0, 0.1) is 11.3 Å². The summed E-state index contributed by atoms with van der Waals surface area (Å²) in [5.41, 5.74) is 1.55. The van der Waals surface area contributed by atoms with Crippen LogP contribution in [0.2, 0.25) is 0 Å². The van der Waals surface area contributed by atoms with E-state index in [1.807, 2.05) is 12.1 Å². The summed E-state index contributed by atoms with van der Waals surface area (Å²) in [5.74, 6) is 1.56. The highest BCUT2D eigenvalue weighted by atomic mass is 79.9. The number of benzene rings is 1. The van der Waals surface area contributed by atoms with Gasteiger partial charge in [0.15, 0.2) is 0 Å². The van der Waals surface area contributed by atoms with Crippen molar-refractivity contribution in [1.29, 1.82) is 0 Å². The average molecular weight is 328 g/mol. The molecular formula is C16H26BrNO. The first-order chi connectivity index (χ1) is 8.88. The molecule has 0 saturated carbocycles. The Bertz CT molecular complexity index is 398. The van der Waals surface area contributed by atoms with Crippen molar-refractivity contribution in [3.63, 3.8) is 0 Å². The van der Waals surface area contributed by atoms with Crippen molar-refractivity contribution in [2.75, 3.05) is 20.2 Å². The van der Waals surface area contributed by atoms with E-state index in [2.05, 4.69) is 55.0 Å². The zero-order valence-corrected chi connectivity index (χ0v) is 14.3. The summed E-state index contributed by atoms with van der Waals surface area (Å²) in [5, 5.41) is 3.47. The Kier molecular flexibility index (Phi) is 6.34. The topological polar surface area (TPSA) is 21.3 Å². The Balaban J connectivity index is 2.92. The van der Waals surface area contributed by atoms with Gasteiger partial charge < -0.3 is 10.1 Å². The van der Waals surface area contributed by atoms with Crippen LogP contribution in [0.5, 0.6) is 5.75 Å². The smallest absolute Gasteiger partial charge is 0.122 e. The van der Waals surface area contributed by atoms with Gasteiger partial charge in [-0.1, -0.05) is 43.6 Å². The van der Waals surface area contributed by atoms with Crippen LogP contribution in [0.15, 0.2) is 22.7 Å². The molecule has 0 radical (unpaired) electrons. The molecule has 0 bridgehead atoms. The van der Waals surface area contributed by atoms with Crippen molar-refractivity contribution in [2.45, 2.75) is 34.1 Å². The number of ether oxygens (including phenoxy) is 1. The largest absolute Gasteiger partial charge is 0.496 e. The molecule has 0 aliphatic rings. The molecule has 0 aliphatic heterocycles. The predicted octanol–water partition coefficient (Wildman–Crippen LogP) is 4.27. The van der Waals surface area contributed by atoms with Crippen LogP contribution in [0.4, 0.5) is 0 Å². The highest BCUT2D eigenvalue weighted by Crippen LogP contribution is 2.32. The predicted molar refractivity (Wildman–Crippen MR) is 85.9 cm³/mol. The molecule has 0 saturated heterocycles. The molecule has 3 heteroatoms. The van der Waals surface area contributed by atoms with Gasteiger partial charge in [-0.25, -0.2) is 0 Å². The third-order valence-corrected chi connectivity index (χ3v) is 4.07. The van der Waals surface area contributed by atoms with E-state index in [-0.39, 0.29) is 5.41 Å². The third-order valence-electron chi connectivity index (χ3n) is 3.57. The molecule has 0 spiro atoms. The molecule has 0 heterocycles. The SMILES string of the molecule is CCNCC(Cc1cc(Br)ccc1OC)C(C)(C)C. The monoisotopic (exact) mass is 327 g/mol. The quantitative estimate of drug-likeness (QED) is 0.842. The van der Waals surface area contributed by atoms with Crippen LogP contribution >= 0.6 is 15.9 Å². The number of nitrogens with one attached hydrogen (secondary N) is 1. The molecule has 108 valence electrons. The van der Waals surface area contributed by atoms with Gasteiger partial charge in [0.25, 0.3) is 0 Å². The maximum Gasteiger partial charge on any atom is 0.122 e. The summed E-state index contributed by atoms with van der Waals surface area (Å²) < 4.78 is 6.59. The third kappa shape index (κ3) is 5.15. The van der Waals surface area contributed by atoms with Crippen LogP contribution in [0.25, 0.3) is 0 Å². The minimum Gasteiger partial charge on any atom is -0.496 e. The lowest BCUT2D eigenvalue weighted by atomic mass is 9.77. The Hall–Kier alpha value is -0.540. The second-order valence-corrected chi connectivity index (χ2v) is 6.95. The molecule has 1 aromatic carbocycles. The zero-order valence-electron chi connectivity index (χ0n) is 12.7. The number of hydrogen-bond donors (Lipinski definition) is 1. The van der Waals surface area contributed by atoms with Gasteiger partial charge in [0.1, 0.15) is 5.75 Å². The summed E-state index contributed by atoms with van der Waals surface area (Å²) in [6.07, 6.45) is 1.03. The van der Waals surface area contributed by atoms with Crippen molar-refractivity contribution in [3.05, 3.63) is 28.2 Å². The molecule has 2 nitrogen and oxygen atoms in total. The van der Waals surface area contributed by atoms with E-state index in [4.69, 9.17) is 4.74 Å². The molecule has 1 atom stereocenters. The summed E-state index contributed by atoms with van der Waals surface area (Å²) in [4.78, 5) is 0. The molecule has 1 unspecified atom stereocenters. The summed E-state index contributed by atoms with van der Waals surface area (Å²) in [6.45, 7) is 11.1. The standard InChI is InChI=1S/C16H26BrNO/c1-6-18-11-13(16(2,3)4)9-12-10-14(17)7-8-15(12)19-5/h7-8,10,13,18H,6,9,11H2,1-5H3. The molecule has 1 N–H and O–H groups in total. The molecule has 0 aromatic heterocycles. The van der Waals surface area contributed by atoms with Gasteiger partial charge in [-0.05, 0) is 54.6 Å².